The van der Waals surface area contributed by atoms with E-state index in [4.69, 9.17) is 16.3 Å². The Balaban J connectivity index is 1.46. The summed E-state index contributed by atoms with van der Waals surface area (Å²) in [5.41, 5.74) is 1.31. The van der Waals surface area contributed by atoms with Crippen LogP contribution in [0.2, 0.25) is 5.15 Å². The molecule has 4 rings (SSSR count). The summed E-state index contributed by atoms with van der Waals surface area (Å²) in [6.07, 6.45) is 3.61. The third-order valence-corrected chi connectivity index (χ3v) is 6.97. The molecule has 1 aliphatic heterocycles. The number of fused-ring (bicyclic) bond motifs is 2. The number of amides is 1. The monoisotopic (exact) mass is 478 g/mol. The number of aromatic nitrogens is 3. The second-order valence-electron chi connectivity index (χ2n) is 9.92. The molecular formula is C22H31ClN6O2S. The fourth-order valence-electron chi connectivity index (χ4n) is 4.54. The molecule has 2 fully saturated rings. The summed E-state index contributed by atoms with van der Waals surface area (Å²) < 4.78 is 5.47. The van der Waals surface area contributed by atoms with Crippen LogP contribution in [0, 0.1) is 11.8 Å². The zero-order chi connectivity index (χ0) is 23.0. The van der Waals surface area contributed by atoms with E-state index >= 15 is 0 Å². The van der Waals surface area contributed by atoms with E-state index in [1.54, 1.807) is 17.5 Å². The minimum absolute atomic E-state index is 0.149. The van der Waals surface area contributed by atoms with E-state index in [0.29, 0.717) is 17.0 Å². The standard InChI is InChI=1S/C22H31ClN6O2S/c1-12(2)25-16-8-17(23)24-9-15(16)19-27-28-20(32-19)29-10-13-6-7-14(11-29)18(13)26-21(30)31-22(3,4)5/h8-9,12-14,18H,6-7,10-11H2,1-5H3,(H,24,25)(H,26,30). The fourth-order valence-corrected chi connectivity index (χ4v) is 5.59. The molecule has 10 heteroatoms. The van der Waals surface area contributed by atoms with Crippen LogP contribution in [0.3, 0.4) is 0 Å². The molecule has 2 aliphatic rings. The third kappa shape index (κ3) is 5.26. The van der Waals surface area contributed by atoms with Crippen LogP contribution in [0.1, 0.15) is 47.5 Å². The molecular weight excluding hydrogens is 448 g/mol. The lowest BCUT2D eigenvalue weighted by atomic mass is 9.92. The molecule has 0 aromatic carbocycles. The van der Waals surface area contributed by atoms with E-state index in [1.807, 2.05) is 26.8 Å². The first-order chi connectivity index (χ1) is 15.1. The molecule has 1 saturated heterocycles. The fraction of sp³-hybridized carbons (Fsp3) is 0.636. The number of anilines is 2. The van der Waals surface area contributed by atoms with Crippen molar-refractivity contribution in [3.63, 3.8) is 0 Å². The molecule has 1 aliphatic carbocycles. The van der Waals surface area contributed by atoms with Gasteiger partial charge in [0.1, 0.15) is 10.8 Å². The maximum absolute atomic E-state index is 12.3. The Morgan fingerprint density at radius 3 is 2.56 bits per heavy atom. The van der Waals surface area contributed by atoms with Crippen LogP contribution < -0.4 is 15.5 Å². The molecule has 2 bridgehead atoms. The minimum atomic E-state index is -0.493. The molecule has 1 amide bonds. The smallest absolute Gasteiger partial charge is 0.407 e. The van der Waals surface area contributed by atoms with Crippen molar-refractivity contribution in [1.29, 1.82) is 0 Å². The van der Waals surface area contributed by atoms with Gasteiger partial charge < -0.3 is 20.3 Å². The zero-order valence-corrected chi connectivity index (χ0v) is 20.8. The Kier molecular flexibility index (Phi) is 6.49. The molecule has 0 radical (unpaired) electrons. The Morgan fingerprint density at radius 2 is 1.94 bits per heavy atom. The first-order valence-corrected chi connectivity index (χ1v) is 12.3. The maximum atomic E-state index is 12.3. The SMILES string of the molecule is CC(C)Nc1cc(Cl)ncc1-c1nnc(N2CC3CCC(C2)C3NC(=O)OC(C)(C)C)s1. The lowest BCUT2D eigenvalue weighted by Gasteiger charge is -2.38. The summed E-state index contributed by atoms with van der Waals surface area (Å²) >= 11 is 7.67. The first-order valence-electron chi connectivity index (χ1n) is 11.1. The number of nitrogens with zero attached hydrogens (tertiary/aromatic N) is 4. The Morgan fingerprint density at radius 1 is 1.25 bits per heavy atom. The third-order valence-electron chi connectivity index (χ3n) is 5.75. The molecule has 174 valence electrons. The number of nitrogens with one attached hydrogen (secondary N) is 2. The van der Waals surface area contributed by atoms with E-state index in [2.05, 4.69) is 44.6 Å². The quantitative estimate of drug-likeness (QED) is 0.595. The number of pyridine rings is 1. The number of carbonyl (C=O) groups is 1. The highest BCUT2D eigenvalue weighted by Gasteiger charge is 2.44. The van der Waals surface area contributed by atoms with Gasteiger partial charge in [0.25, 0.3) is 0 Å². The highest BCUT2D eigenvalue weighted by Crippen LogP contribution is 2.41. The molecule has 1 saturated carbocycles. The lowest BCUT2D eigenvalue weighted by Crippen LogP contribution is -2.53. The molecule has 2 aromatic rings. The van der Waals surface area contributed by atoms with Crippen LogP contribution in [-0.4, -0.2) is 52.0 Å². The topological polar surface area (TPSA) is 92.3 Å². The molecule has 2 N–H and O–H groups in total. The van der Waals surface area contributed by atoms with Gasteiger partial charge in [0, 0.05) is 37.1 Å². The number of carbonyl (C=O) groups excluding carboxylic acids is 1. The van der Waals surface area contributed by atoms with Gasteiger partial charge in [0.2, 0.25) is 5.13 Å². The van der Waals surface area contributed by atoms with Crippen molar-refractivity contribution in [3.05, 3.63) is 17.4 Å². The van der Waals surface area contributed by atoms with Gasteiger partial charge in [-0.2, -0.15) is 0 Å². The van der Waals surface area contributed by atoms with Crippen LogP contribution in [-0.2, 0) is 4.74 Å². The normalized spacial score (nSPS) is 22.8. The summed E-state index contributed by atoms with van der Waals surface area (Å²) in [5.74, 6) is 0.757. The number of hydrogen-bond acceptors (Lipinski definition) is 8. The van der Waals surface area contributed by atoms with Gasteiger partial charge >= 0.3 is 6.09 Å². The Hall–Kier alpha value is -2.13. The lowest BCUT2D eigenvalue weighted by molar-refractivity contribution is 0.0472. The number of hydrogen-bond donors (Lipinski definition) is 2. The molecule has 2 unspecified atom stereocenters. The average molecular weight is 479 g/mol. The molecule has 0 spiro atoms. The van der Waals surface area contributed by atoms with Crippen molar-refractivity contribution < 1.29 is 9.53 Å². The Labute approximate surface area is 198 Å². The van der Waals surface area contributed by atoms with Gasteiger partial charge in [-0.1, -0.05) is 22.9 Å². The molecule has 3 heterocycles. The number of piperidine rings is 1. The average Bonchev–Trinajstić information content (AvgIpc) is 3.22. The highest BCUT2D eigenvalue weighted by molar-refractivity contribution is 7.18. The van der Waals surface area contributed by atoms with E-state index < -0.39 is 5.60 Å². The molecule has 2 aromatic heterocycles. The summed E-state index contributed by atoms with van der Waals surface area (Å²) in [5, 5.41) is 17.6. The highest BCUT2D eigenvalue weighted by atomic mass is 35.5. The largest absolute Gasteiger partial charge is 0.444 e. The molecule has 8 nitrogen and oxygen atoms in total. The van der Waals surface area contributed by atoms with E-state index in [0.717, 1.165) is 47.3 Å². The predicted molar refractivity (Wildman–Crippen MR) is 128 cm³/mol. The zero-order valence-electron chi connectivity index (χ0n) is 19.2. The maximum Gasteiger partial charge on any atom is 0.407 e. The van der Waals surface area contributed by atoms with Crippen molar-refractivity contribution in [2.24, 2.45) is 11.8 Å². The van der Waals surface area contributed by atoms with Crippen molar-refractivity contribution in [2.75, 3.05) is 23.3 Å². The number of halogens is 1. The van der Waals surface area contributed by atoms with Crippen molar-refractivity contribution in [1.82, 2.24) is 20.5 Å². The van der Waals surface area contributed by atoms with Gasteiger partial charge in [-0.15, -0.1) is 10.2 Å². The minimum Gasteiger partial charge on any atom is -0.444 e. The second kappa shape index (κ2) is 9.02. The van der Waals surface area contributed by atoms with E-state index in [1.165, 1.54) is 0 Å². The van der Waals surface area contributed by atoms with Gasteiger partial charge in [0.05, 0.1) is 5.56 Å². The number of rotatable bonds is 5. The summed E-state index contributed by atoms with van der Waals surface area (Å²) in [7, 11) is 0. The summed E-state index contributed by atoms with van der Waals surface area (Å²) in [4.78, 5) is 18.8. The van der Waals surface area contributed by atoms with Crippen LogP contribution in [0.15, 0.2) is 12.3 Å². The van der Waals surface area contributed by atoms with Crippen LogP contribution in [0.4, 0.5) is 15.6 Å². The summed E-state index contributed by atoms with van der Waals surface area (Å²) in [6, 6.07) is 2.23. The van der Waals surface area contributed by atoms with Crippen molar-refractivity contribution >= 4 is 39.8 Å². The van der Waals surface area contributed by atoms with Crippen LogP contribution >= 0.6 is 22.9 Å². The van der Waals surface area contributed by atoms with E-state index in [-0.39, 0.29) is 18.2 Å². The summed E-state index contributed by atoms with van der Waals surface area (Å²) in [6.45, 7) is 11.5. The number of ether oxygens (including phenoxy) is 1. The van der Waals surface area contributed by atoms with Crippen LogP contribution in [0.5, 0.6) is 0 Å². The van der Waals surface area contributed by atoms with E-state index in [9.17, 15) is 4.79 Å². The Bertz CT molecular complexity index is 962. The predicted octanol–water partition coefficient (Wildman–Crippen LogP) is 4.81. The number of alkyl carbamates (subject to hydrolysis) is 1. The van der Waals surface area contributed by atoms with Crippen molar-refractivity contribution in [2.45, 2.75) is 65.1 Å². The van der Waals surface area contributed by atoms with Gasteiger partial charge in [-0.05, 0) is 65.4 Å². The van der Waals surface area contributed by atoms with Crippen molar-refractivity contribution in [3.8, 4) is 10.6 Å². The van der Waals surface area contributed by atoms with Crippen LogP contribution in [0.25, 0.3) is 10.6 Å². The van der Waals surface area contributed by atoms with Gasteiger partial charge in [0.15, 0.2) is 5.01 Å². The molecule has 2 atom stereocenters. The second-order valence-corrected chi connectivity index (χ2v) is 11.3. The first kappa shape index (κ1) is 23.0. The van der Waals surface area contributed by atoms with Gasteiger partial charge in [-0.25, -0.2) is 9.78 Å². The molecule has 32 heavy (non-hydrogen) atoms. The van der Waals surface area contributed by atoms with Gasteiger partial charge in [-0.3, -0.25) is 0 Å².